The SMILES string of the molecule is Cc1ccc(OCCOC(C)(C)C)c(CNC2CC2)n1. The molecule has 1 saturated carbocycles. The molecule has 0 unspecified atom stereocenters. The van der Waals surface area contributed by atoms with E-state index in [9.17, 15) is 0 Å². The molecule has 20 heavy (non-hydrogen) atoms. The van der Waals surface area contributed by atoms with Crippen LogP contribution in [0.5, 0.6) is 5.75 Å². The molecule has 0 spiro atoms. The molecule has 0 atom stereocenters. The van der Waals surface area contributed by atoms with Crippen LogP contribution < -0.4 is 10.1 Å². The van der Waals surface area contributed by atoms with Gasteiger partial charge in [0.15, 0.2) is 0 Å². The summed E-state index contributed by atoms with van der Waals surface area (Å²) < 4.78 is 11.5. The van der Waals surface area contributed by atoms with Crippen molar-refractivity contribution in [1.29, 1.82) is 0 Å². The second-order valence-electron chi connectivity index (χ2n) is 6.36. The van der Waals surface area contributed by atoms with Crippen LogP contribution in [0.1, 0.15) is 45.0 Å². The normalized spacial score (nSPS) is 15.4. The molecule has 2 rings (SSSR count). The Morgan fingerprint density at radius 3 is 2.65 bits per heavy atom. The molecular formula is C16H26N2O2. The van der Waals surface area contributed by atoms with Crippen LogP contribution in [0.15, 0.2) is 12.1 Å². The Hall–Kier alpha value is -1.13. The highest BCUT2D eigenvalue weighted by atomic mass is 16.5. The third kappa shape index (κ3) is 5.47. The van der Waals surface area contributed by atoms with Crippen LogP contribution in [-0.4, -0.2) is 29.8 Å². The summed E-state index contributed by atoms with van der Waals surface area (Å²) in [6, 6.07) is 4.67. The van der Waals surface area contributed by atoms with E-state index in [4.69, 9.17) is 9.47 Å². The number of nitrogens with one attached hydrogen (secondary N) is 1. The Morgan fingerprint density at radius 2 is 2.00 bits per heavy atom. The molecule has 1 fully saturated rings. The predicted molar refractivity (Wildman–Crippen MR) is 80.0 cm³/mol. The van der Waals surface area contributed by atoms with Gasteiger partial charge in [0.2, 0.25) is 0 Å². The molecule has 112 valence electrons. The smallest absolute Gasteiger partial charge is 0.142 e. The molecule has 4 nitrogen and oxygen atoms in total. The molecule has 1 aliphatic rings. The molecule has 0 saturated heterocycles. The molecule has 1 aromatic heterocycles. The molecular weight excluding hydrogens is 252 g/mol. The first-order valence-corrected chi connectivity index (χ1v) is 7.41. The highest BCUT2D eigenvalue weighted by Gasteiger charge is 2.21. The van der Waals surface area contributed by atoms with Gasteiger partial charge in [-0.2, -0.15) is 0 Å². The maximum Gasteiger partial charge on any atom is 0.142 e. The summed E-state index contributed by atoms with van der Waals surface area (Å²) in [7, 11) is 0. The number of pyridine rings is 1. The fourth-order valence-electron chi connectivity index (χ4n) is 1.88. The summed E-state index contributed by atoms with van der Waals surface area (Å²) in [6.07, 6.45) is 2.56. The van der Waals surface area contributed by atoms with Gasteiger partial charge in [0.05, 0.1) is 17.9 Å². The lowest BCUT2D eigenvalue weighted by Gasteiger charge is -2.20. The van der Waals surface area contributed by atoms with Crippen molar-refractivity contribution in [1.82, 2.24) is 10.3 Å². The minimum Gasteiger partial charge on any atom is -0.489 e. The maximum atomic E-state index is 5.81. The summed E-state index contributed by atoms with van der Waals surface area (Å²) in [4.78, 5) is 4.57. The predicted octanol–water partition coefficient (Wildman–Crippen LogP) is 2.84. The van der Waals surface area contributed by atoms with E-state index in [1.807, 2.05) is 39.8 Å². The zero-order valence-corrected chi connectivity index (χ0v) is 13.0. The van der Waals surface area contributed by atoms with Gasteiger partial charge in [-0.05, 0) is 52.7 Å². The largest absolute Gasteiger partial charge is 0.489 e. The molecule has 0 radical (unpaired) electrons. The lowest BCUT2D eigenvalue weighted by atomic mass is 10.2. The van der Waals surface area contributed by atoms with E-state index in [2.05, 4.69) is 10.3 Å². The first-order valence-electron chi connectivity index (χ1n) is 7.41. The molecule has 0 bridgehead atoms. The van der Waals surface area contributed by atoms with Crippen molar-refractivity contribution in [2.75, 3.05) is 13.2 Å². The van der Waals surface area contributed by atoms with Gasteiger partial charge in [-0.3, -0.25) is 4.98 Å². The zero-order valence-electron chi connectivity index (χ0n) is 13.0. The van der Waals surface area contributed by atoms with E-state index >= 15 is 0 Å². The van der Waals surface area contributed by atoms with Crippen LogP contribution in [0.2, 0.25) is 0 Å². The monoisotopic (exact) mass is 278 g/mol. The van der Waals surface area contributed by atoms with Gasteiger partial charge in [0.1, 0.15) is 12.4 Å². The van der Waals surface area contributed by atoms with Crippen molar-refractivity contribution in [3.05, 3.63) is 23.5 Å². The van der Waals surface area contributed by atoms with Crippen molar-refractivity contribution < 1.29 is 9.47 Å². The minimum absolute atomic E-state index is 0.120. The fraction of sp³-hybridized carbons (Fsp3) is 0.688. The van der Waals surface area contributed by atoms with E-state index in [1.54, 1.807) is 0 Å². The summed E-state index contributed by atoms with van der Waals surface area (Å²) >= 11 is 0. The van der Waals surface area contributed by atoms with Gasteiger partial charge in [-0.25, -0.2) is 0 Å². The highest BCUT2D eigenvalue weighted by Crippen LogP contribution is 2.22. The van der Waals surface area contributed by atoms with Crippen molar-refractivity contribution >= 4 is 0 Å². The number of nitrogens with zero attached hydrogens (tertiary/aromatic N) is 1. The van der Waals surface area contributed by atoms with Gasteiger partial charge in [-0.1, -0.05) is 0 Å². The summed E-state index contributed by atoms with van der Waals surface area (Å²) in [6.45, 7) is 10.1. The Bertz CT molecular complexity index is 437. The first-order chi connectivity index (χ1) is 9.44. The minimum atomic E-state index is -0.120. The van der Waals surface area contributed by atoms with Gasteiger partial charge < -0.3 is 14.8 Å². The second-order valence-corrected chi connectivity index (χ2v) is 6.36. The van der Waals surface area contributed by atoms with E-state index in [0.29, 0.717) is 19.3 Å². The van der Waals surface area contributed by atoms with E-state index < -0.39 is 0 Å². The number of rotatable bonds is 7. The second kappa shape index (κ2) is 6.55. The van der Waals surface area contributed by atoms with Crippen LogP contribution in [0.3, 0.4) is 0 Å². The third-order valence-corrected chi connectivity index (χ3v) is 3.08. The fourth-order valence-corrected chi connectivity index (χ4v) is 1.88. The van der Waals surface area contributed by atoms with Gasteiger partial charge in [0.25, 0.3) is 0 Å². The van der Waals surface area contributed by atoms with E-state index in [1.165, 1.54) is 12.8 Å². The molecule has 1 aliphatic carbocycles. The number of hydrogen-bond donors (Lipinski definition) is 1. The zero-order chi connectivity index (χ0) is 14.6. The molecule has 0 amide bonds. The third-order valence-electron chi connectivity index (χ3n) is 3.08. The summed E-state index contributed by atoms with van der Waals surface area (Å²) in [5, 5.41) is 3.48. The number of hydrogen-bond acceptors (Lipinski definition) is 4. The van der Waals surface area contributed by atoms with Gasteiger partial charge in [0, 0.05) is 18.3 Å². The molecule has 0 aliphatic heterocycles. The standard InChI is InChI=1S/C16H26N2O2/c1-12-5-8-15(19-9-10-20-16(2,3)4)14(18-12)11-17-13-6-7-13/h5,8,13,17H,6-7,9-11H2,1-4H3. The molecule has 0 aromatic carbocycles. The summed E-state index contributed by atoms with van der Waals surface area (Å²) in [5.74, 6) is 0.862. The first kappa shape index (κ1) is 15.3. The molecule has 1 heterocycles. The average Bonchev–Trinajstić information content (AvgIpc) is 3.16. The molecule has 1 N–H and O–H groups in total. The van der Waals surface area contributed by atoms with Crippen LogP contribution in [-0.2, 0) is 11.3 Å². The van der Waals surface area contributed by atoms with Crippen molar-refractivity contribution in [2.45, 2.75) is 58.7 Å². The van der Waals surface area contributed by atoms with Crippen LogP contribution in [0.4, 0.5) is 0 Å². The quantitative estimate of drug-likeness (QED) is 0.779. The number of aryl methyl sites for hydroxylation is 1. The Labute approximate surface area is 121 Å². The lowest BCUT2D eigenvalue weighted by molar-refractivity contribution is -0.0164. The Balaban J connectivity index is 1.85. The molecule has 4 heteroatoms. The van der Waals surface area contributed by atoms with Crippen LogP contribution in [0.25, 0.3) is 0 Å². The van der Waals surface area contributed by atoms with Crippen molar-refractivity contribution in [3.63, 3.8) is 0 Å². The van der Waals surface area contributed by atoms with Gasteiger partial charge in [-0.15, -0.1) is 0 Å². The number of ether oxygens (including phenoxy) is 2. The Morgan fingerprint density at radius 1 is 1.25 bits per heavy atom. The molecule has 1 aromatic rings. The van der Waals surface area contributed by atoms with E-state index in [0.717, 1.165) is 23.7 Å². The van der Waals surface area contributed by atoms with Crippen LogP contribution >= 0.6 is 0 Å². The topological polar surface area (TPSA) is 43.4 Å². The van der Waals surface area contributed by atoms with Crippen LogP contribution in [0, 0.1) is 6.92 Å². The maximum absolute atomic E-state index is 5.81. The van der Waals surface area contributed by atoms with Gasteiger partial charge >= 0.3 is 0 Å². The summed E-state index contributed by atoms with van der Waals surface area (Å²) in [5.41, 5.74) is 1.90. The number of aromatic nitrogens is 1. The van der Waals surface area contributed by atoms with Crippen molar-refractivity contribution in [3.8, 4) is 5.75 Å². The van der Waals surface area contributed by atoms with E-state index in [-0.39, 0.29) is 5.60 Å². The highest BCUT2D eigenvalue weighted by molar-refractivity contribution is 5.29. The lowest BCUT2D eigenvalue weighted by Crippen LogP contribution is -2.23. The van der Waals surface area contributed by atoms with Crippen molar-refractivity contribution in [2.24, 2.45) is 0 Å². The Kier molecular flexibility index (Phi) is 5.00. The average molecular weight is 278 g/mol.